The van der Waals surface area contributed by atoms with E-state index in [-0.39, 0.29) is 19.5 Å². The number of rotatable bonds is 2. The summed E-state index contributed by atoms with van der Waals surface area (Å²) in [5.74, 6) is -1.17. The van der Waals surface area contributed by atoms with Gasteiger partial charge in [-0.1, -0.05) is 36.4 Å². The molecular weight excluding hydrogens is 205 g/mol. The molecule has 0 N–H and O–H groups in total. The molecule has 2 nitrogen and oxygen atoms in total. The van der Waals surface area contributed by atoms with Crippen LogP contribution in [0.3, 0.4) is 0 Å². The van der Waals surface area contributed by atoms with Crippen molar-refractivity contribution in [3.8, 4) is 0 Å². The largest absolute Gasteiger partial charge is 2.00 e. The quantitative estimate of drug-likeness (QED) is 0.527. The summed E-state index contributed by atoms with van der Waals surface area (Å²) in [4.78, 5) is 9.97. The fourth-order valence-corrected chi connectivity index (χ4v) is 0.728. The summed E-state index contributed by atoms with van der Waals surface area (Å²) in [6.45, 7) is 0. The van der Waals surface area contributed by atoms with Gasteiger partial charge in [0.25, 0.3) is 0 Å². The Hall–Kier alpha value is -0.947. The molecule has 1 rings (SSSR count). The number of aliphatic carboxylic acids is 1. The van der Waals surface area contributed by atoms with Crippen molar-refractivity contribution in [3.05, 3.63) is 42.0 Å². The van der Waals surface area contributed by atoms with Gasteiger partial charge in [-0.25, -0.2) is 0 Å². The number of carboxylic acids is 1. The van der Waals surface area contributed by atoms with E-state index in [2.05, 4.69) is 0 Å². The third kappa shape index (κ3) is 4.04. The maximum Gasteiger partial charge on any atom is 2.00 e. The molecule has 0 aromatic heterocycles. The van der Waals surface area contributed by atoms with Crippen LogP contribution in [0, 0.1) is 0 Å². The Morgan fingerprint density at radius 3 is 2.33 bits per heavy atom. The molecule has 0 fully saturated rings. The topological polar surface area (TPSA) is 40.1 Å². The molecule has 1 aromatic carbocycles. The van der Waals surface area contributed by atoms with Gasteiger partial charge in [0.2, 0.25) is 0 Å². The van der Waals surface area contributed by atoms with Crippen LogP contribution in [0.4, 0.5) is 0 Å². The molecular formula is C9H7O2Zn+. The summed E-state index contributed by atoms with van der Waals surface area (Å²) in [5.41, 5.74) is 0.858. The van der Waals surface area contributed by atoms with Gasteiger partial charge in [-0.15, -0.1) is 0 Å². The Morgan fingerprint density at radius 1 is 1.25 bits per heavy atom. The Labute approximate surface area is 83.7 Å². The predicted octanol–water partition coefficient (Wildman–Crippen LogP) is 0.447. The Balaban J connectivity index is 0.00000121. The molecule has 0 atom stereocenters. The van der Waals surface area contributed by atoms with Crippen LogP contribution in [0.15, 0.2) is 36.4 Å². The molecule has 0 aliphatic heterocycles. The third-order valence-electron chi connectivity index (χ3n) is 1.21. The molecule has 3 heteroatoms. The molecule has 0 radical (unpaired) electrons. The monoisotopic (exact) mass is 211 g/mol. The molecule has 0 saturated heterocycles. The minimum Gasteiger partial charge on any atom is -0.545 e. The fourth-order valence-electron chi connectivity index (χ4n) is 0.728. The van der Waals surface area contributed by atoms with Gasteiger partial charge in [-0.3, -0.25) is 0 Å². The molecule has 0 amide bonds. The first-order valence-electron chi connectivity index (χ1n) is 3.23. The van der Waals surface area contributed by atoms with Gasteiger partial charge in [-0.05, 0) is 11.6 Å². The van der Waals surface area contributed by atoms with Gasteiger partial charge in [0.1, 0.15) is 0 Å². The van der Waals surface area contributed by atoms with Gasteiger partial charge < -0.3 is 9.90 Å². The Kier molecular flexibility index (Phi) is 5.22. The summed E-state index contributed by atoms with van der Waals surface area (Å²) in [6, 6.07) is 9.19. The van der Waals surface area contributed by atoms with Crippen LogP contribution < -0.4 is 5.11 Å². The first kappa shape index (κ1) is 11.1. The number of hydrogen-bond donors (Lipinski definition) is 0. The van der Waals surface area contributed by atoms with Crippen LogP contribution in [-0.4, -0.2) is 5.97 Å². The van der Waals surface area contributed by atoms with Gasteiger partial charge in [0, 0.05) is 0 Å². The first-order chi connectivity index (χ1) is 5.29. The zero-order valence-corrected chi connectivity index (χ0v) is 9.53. The molecule has 0 bridgehead atoms. The molecule has 0 aliphatic rings. The first-order valence-corrected chi connectivity index (χ1v) is 3.23. The second-order valence-electron chi connectivity index (χ2n) is 2.06. The minimum atomic E-state index is -1.17. The van der Waals surface area contributed by atoms with Crippen molar-refractivity contribution >= 4 is 12.0 Å². The van der Waals surface area contributed by atoms with Crippen LogP contribution in [0.2, 0.25) is 0 Å². The zero-order valence-electron chi connectivity index (χ0n) is 6.57. The number of hydrogen-bond acceptors (Lipinski definition) is 2. The number of benzene rings is 1. The summed E-state index contributed by atoms with van der Waals surface area (Å²) in [6.07, 6.45) is 2.50. The molecule has 12 heavy (non-hydrogen) atoms. The van der Waals surface area contributed by atoms with Crippen LogP contribution >= 0.6 is 0 Å². The van der Waals surface area contributed by atoms with E-state index in [1.165, 1.54) is 6.08 Å². The molecule has 0 aliphatic carbocycles. The van der Waals surface area contributed by atoms with Gasteiger partial charge in [-0.2, -0.15) is 0 Å². The van der Waals surface area contributed by atoms with Crippen molar-refractivity contribution in [2.24, 2.45) is 0 Å². The van der Waals surface area contributed by atoms with E-state index in [4.69, 9.17) is 0 Å². The number of carbonyl (C=O) groups excluding carboxylic acids is 1. The molecule has 56 valence electrons. The number of carboxylic acid groups (broad SMARTS) is 1. The van der Waals surface area contributed by atoms with Gasteiger partial charge in [0.05, 0.1) is 5.97 Å². The van der Waals surface area contributed by atoms with E-state index in [0.29, 0.717) is 0 Å². The summed E-state index contributed by atoms with van der Waals surface area (Å²) in [5, 5.41) is 9.97. The maximum atomic E-state index is 9.97. The smallest absolute Gasteiger partial charge is 0.545 e. The second kappa shape index (κ2) is 5.67. The van der Waals surface area contributed by atoms with Crippen molar-refractivity contribution in [1.82, 2.24) is 0 Å². The van der Waals surface area contributed by atoms with Crippen molar-refractivity contribution in [2.75, 3.05) is 0 Å². The van der Waals surface area contributed by atoms with E-state index < -0.39 is 5.97 Å². The summed E-state index contributed by atoms with van der Waals surface area (Å²) >= 11 is 0. The Bertz CT molecular complexity index is 267. The van der Waals surface area contributed by atoms with Crippen LogP contribution in [0.1, 0.15) is 5.56 Å². The minimum absolute atomic E-state index is 0. The second-order valence-corrected chi connectivity index (χ2v) is 2.06. The average Bonchev–Trinajstić information content (AvgIpc) is 2.03. The fraction of sp³-hybridized carbons (Fsp3) is 0. The standard InChI is InChI=1S/C9H8O2.Zn/c10-9(11)7-6-8-4-2-1-3-5-8;/h1-7H,(H,10,11);/q;+2/p-1/b7-6+;. The molecule has 0 spiro atoms. The normalized spacial score (nSPS) is 9.33. The van der Waals surface area contributed by atoms with E-state index in [1.54, 1.807) is 0 Å². The van der Waals surface area contributed by atoms with Crippen molar-refractivity contribution in [1.29, 1.82) is 0 Å². The predicted molar refractivity (Wildman–Crippen MR) is 40.5 cm³/mol. The van der Waals surface area contributed by atoms with E-state index in [0.717, 1.165) is 11.6 Å². The Morgan fingerprint density at radius 2 is 1.83 bits per heavy atom. The van der Waals surface area contributed by atoms with Crippen LogP contribution in [0.5, 0.6) is 0 Å². The van der Waals surface area contributed by atoms with E-state index in [9.17, 15) is 9.90 Å². The molecule has 0 unspecified atom stereocenters. The van der Waals surface area contributed by atoms with Crippen molar-refractivity contribution in [2.45, 2.75) is 0 Å². The summed E-state index contributed by atoms with van der Waals surface area (Å²) in [7, 11) is 0. The molecule has 1 aromatic rings. The summed E-state index contributed by atoms with van der Waals surface area (Å²) < 4.78 is 0. The van der Waals surface area contributed by atoms with Crippen molar-refractivity contribution < 1.29 is 29.4 Å². The van der Waals surface area contributed by atoms with Crippen molar-refractivity contribution in [3.63, 3.8) is 0 Å². The van der Waals surface area contributed by atoms with Gasteiger partial charge >= 0.3 is 19.5 Å². The van der Waals surface area contributed by atoms with E-state index >= 15 is 0 Å². The molecule has 0 saturated carbocycles. The van der Waals surface area contributed by atoms with Crippen LogP contribution in [-0.2, 0) is 24.3 Å². The average molecular weight is 213 g/mol. The van der Waals surface area contributed by atoms with Crippen LogP contribution in [0.25, 0.3) is 6.08 Å². The third-order valence-corrected chi connectivity index (χ3v) is 1.21. The number of carbonyl (C=O) groups is 1. The SMILES string of the molecule is O=C([O-])/C=C/c1ccccc1.[Zn+2]. The van der Waals surface area contributed by atoms with E-state index in [1.807, 2.05) is 30.3 Å². The maximum absolute atomic E-state index is 9.97. The van der Waals surface area contributed by atoms with Gasteiger partial charge in [0.15, 0.2) is 0 Å². The zero-order chi connectivity index (χ0) is 8.10. The molecule has 0 heterocycles.